The Kier molecular flexibility index (Phi) is 3.71. The number of nitrogens with two attached hydrogens (primary N) is 1. The van der Waals surface area contributed by atoms with E-state index in [1.165, 1.54) is 0 Å². The van der Waals surface area contributed by atoms with E-state index >= 15 is 0 Å². The molecule has 3 aromatic rings. The van der Waals surface area contributed by atoms with E-state index in [1.807, 2.05) is 49.4 Å². The summed E-state index contributed by atoms with van der Waals surface area (Å²) in [6, 6.07) is 13.8. The van der Waals surface area contributed by atoms with Crippen LogP contribution in [-0.2, 0) is 0 Å². The molecule has 0 aliphatic rings. The van der Waals surface area contributed by atoms with Crippen molar-refractivity contribution in [1.82, 2.24) is 0 Å². The molecule has 0 saturated carbocycles. The summed E-state index contributed by atoms with van der Waals surface area (Å²) in [5.41, 5.74) is 9.33. The standard InChI is InChI=1S/C16H13Br2NO/c1-9-5-13(18)7-11-8-14(20-16(9)11)15(19)10-3-2-4-12(17)6-10/h2-8,15H,19H2,1H3. The van der Waals surface area contributed by atoms with Crippen LogP contribution in [0.3, 0.4) is 0 Å². The number of hydrogen-bond donors (Lipinski definition) is 1. The van der Waals surface area contributed by atoms with Crippen LogP contribution >= 0.6 is 31.9 Å². The summed E-state index contributed by atoms with van der Waals surface area (Å²) in [7, 11) is 0. The normalized spacial score (nSPS) is 12.8. The van der Waals surface area contributed by atoms with Gasteiger partial charge in [0.2, 0.25) is 0 Å². The molecule has 0 saturated heterocycles. The van der Waals surface area contributed by atoms with E-state index < -0.39 is 0 Å². The average molecular weight is 395 g/mol. The summed E-state index contributed by atoms with van der Waals surface area (Å²) in [5.74, 6) is 0.777. The highest BCUT2D eigenvalue weighted by molar-refractivity contribution is 9.10. The molecule has 0 aliphatic heterocycles. The van der Waals surface area contributed by atoms with Crippen LogP contribution in [0.5, 0.6) is 0 Å². The lowest BCUT2D eigenvalue weighted by atomic mass is 10.1. The molecule has 2 nitrogen and oxygen atoms in total. The summed E-state index contributed by atoms with van der Waals surface area (Å²) in [6.45, 7) is 2.03. The van der Waals surface area contributed by atoms with Crippen molar-refractivity contribution in [2.75, 3.05) is 0 Å². The summed E-state index contributed by atoms with van der Waals surface area (Å²) >= 11 is 6.97. The maximum atomic E-state index is 6.31. The molecular weight excluding hydrogens is 382 g/mol. The molecule has 0 bridgehead atoms. The van der Waals surface area contributed by atoms with E-state index in [1.54, 1.807) is 0 Å². The van der Waals surface area contributed by atoms with Gasteiger partial charge in [0.25, 0.3) is 0 Å². The van der Waals surface area contributed by atoms with Gasteiger partial charge >= 0.3 is 0 Å². The van der Waals surface area contributed by atoms with Crippen LogP contribution in [0.2, 0.25) is 0 Å². The van der Waals surface area contributed by atoms with Crippen LogP contribution in [0, 0.1) is 6.92 Å². The van der Waals surface area contributed by atoms with Crippen molar-refractivity contribution in [3.05, 3.63) is 68.3 Å². The van der Waals surface area contributed by atoms with Crippen molar-refractivity contribution in [2.45, 2.75) is 13.0 Å². The first-order chi connectivity index (χ1) is 9.54. The van der Waals surface area contributed by atoms with Crippen molar-refractivity contribution in [3.8, 4) is 0 Å². The lowest BCUT2D eigenvalue weighted by molar-refractivity contribution is 0.523. The van der Waals surface area contributed by atoms with E-state index in [2.05, 4.69) is 31.9 Å². The minimum absolute atomic E-state index is 0.266. The lowest BCUT2D eigenvalue weighted by Crippen LogP contribution is -2.10. The molecule has 4 heteroatoms. The SMILES string of the molecule is Cc1cc(Br)cc2cc(C(N)c3cccc(Br)c3)oc12. The quantitative estimate of drug-likeness (QED) is 0.639. The molecule has 2 N–H and O–H groups in total. The molecule has 0 amide bonds. The second-order valence-corrected chi connectivity index (χ2v) is 6.65. The van der Waals surface area contributed by atoms with Gasteiger partial charge in [-0.15, -0.1) is 0 Å². The van der Waals surface area contributed by atoms with Crippen molar-refractivity contribution in [1.29, 1.82) is 0 Å². The largest absolute Gasteiger partial charge is 0.459 e. The van der Waals surface area contributed by atoms with Crippen LogP contribution in [0.15, 0.2) is 55.8 Å². The van der Waals surface area contributed by atoms with Crippen LogP contribution < -0.4 is 5.73 Å². The summed E-state index contributed by atoms with van der Waals surface area (Å²) in [5, 5.41) is 1.07. The van der Waals surface area contributed by atoms with Gasteiger partial charge in [0.1, 0.15) is 11.3 Å². The molecule has 1 atom stereocenters. The van der Waals surface area contributed by atoms with Gasteiger partial charge in [-0.25, -0.2) is 0 Å². The Hall–Kier alpha value is -1.10. The van der Waals surface area contributed by atoms with Crippen LogP contribution in [0.25, 0.3) is 11.0 Å². The van der Waals surface area contributed by atoms with E-state index in [4.69, 9.17) is 10.2 Å². The lowest BCUT2D eigenvalue weighted by Gasteiger charge is -2.09. The van der Waals surface area contributed by atoms with Gasteiger partial charge in [-0.05, 0) is 48.4 Å². The second kappa shape index (κ2) is 5.35. The average Bonchev–Trinajstić information content (AvgIpc) is 2.82. The first-order valence-electron chi connectivity index (χ1n) is 6.25. The van der Waals surface area contributed by atoms with Crippen LogP contribution in [-0.4, -0.2) is 0 Å². The number of fused-ring (bicyclic) bond motifs is 1. The first-order valence-corrected chi connectivity index (χ1v) is 7.84. The maximum Gasteiger partial charge on any atom is 0.137 e. The van der Waals surface area contributed by atoms with E-state index in [-0.39, 0.29) is 6.04 Å². The Bertz CT molecular complexity index is 779. The predicted octanol–water partition coefficient (Wildman–Crippen LogP) is 5.31. The fraction of sp³-hybridized carbons (Fsp3) is 0.125. The monoisotopic (exact) mass is 393 g/mol. The van der Waals surface area contributed by atoms with Crippen LogP contribution in [0.4, 0.5) is 0 Å². The molecule has 20 heavy (non-hydrogen) atoms. The molecular formula is C16H13Br2NO. The molecule has 1 aromatic heterocycles. The smallest absolute Gasteiger partial charge is 0.137 e. The van der Waals surface area contributed by atoms with E-state index in [0.29, 0.717) is 0 Å². The molecule has 1 unspecified atom stereocenters. The summed E-state index contributed by atoms with van der Waals surface area (Å²) in [6.07, 6.45) is 0. The zero-order valence-corrected chi connectivity index (χ0v) is 14.0. The summed E-state index contributed by atoms with van der Waals surface area (Å²) in [4.78, 5) is 0. The van der Waals surface area contributed by atoms with Gasteiger partial charge in [0.15, 0.2) is 0 Å². The third-order valence-electron chi connectivity index (χ3n) is 3.30. The second-order valence-electron chi connectivity index (χ2n) is 4.82. The molecule has 1 heterocycles. The highest BCUT2D eigenvalue weighted by Crippen LogP contribution is 2.31. The fourth-order valence-corrected chi connectivity index (χ4v) is 3.33. The number of furan rings is 1. The minimum atomic E-state index is -0.266. The maximum absolute atomic E-state index is 6.31. The van der Waals surface area contributed by atoms with Crippen molar-refractivity contribution < 1.29 is 4.42 Å². The van der Waals surface area contributed by atoms with Gasteiger partial charge in [-0.3, -0.25) is 0 Å². The van der Waals surface area contributed by atoms with Gasteiger partial charge in [-0.2, -0.15) is 0 Å². The number of aryl methyl sites for hydroxylation is 1. The zero-order valence-electron chi connectivity index (χ0n) is 10.9. The molecule has 102 valence electrons. The Morgan fingerprint density at radius 3 is 2.60 bits per heavy atom. The van der Waals surface area contributed by atoms with Gasteiger partial charge < -0.3 is 10.2 Å². The topological polar surface area (TPSA) is 39.2 Å². The van der Waals surface area contributed by atoms with E-state index in [9.17, 15) is 0 Å². The van der Waals surface area contributed by atoms with Crippen LogP contribution in [0.1, 0.15) is 22.9 Å². The fourth-order valence-electron chi connectivity index (χ4n) is 2.32. The summed E-state index contributed by atoms with van der Waals surface area (Å²) < 4.78 is 8.01. The Balaban J connectivity index is 2.08. The number of benzene rings is 2. The van der Waals surface area contributed by atoms with Crippen molar-refractivity contribution in [3.63, 3.8) is 0 Å². The first kappa shape index (κ1) is 13.9. The molecule has 3 rings (SSSR count). The van der Waals surface area contributed by atoms with Gasteiger partial charge in [0, 0.05) is 14.3 Å². The van der Waals surface area contributed by atoms with Gasteiger partial charge in [0.05, 0.1) is 6.04 Å². The third-order valence-corrected chi connectivity index (χ3v) is 4.25. The Morgan fingerprint density at radius 1 is 1.05 bits per heavy atom. The van der Waals surface area contributed by atoms with E-state index in [0.717, 1.165) is 36.8 Å². The molecule has 0 fully saturated rings. The molecule has 0 spiro atoms. The highest BCUT2D eigenvalue weighted by Gasteiger charge is 2.15. The third kappa shape index (κ3) is 2.55. The molecule has 0 aliphatic carbocycles. The zero-order chi connectivity index (χ0) is 14.3. The number of hydrogen-bond acceptors (Lipinski definition) is 2. The molecule has 2 aromatic carbocycles. The van der Waals surface area contributed by atoms with Crippen molar-refractivity contribution in [2.24, 2.45) is 5.73 Å². The predicted molar refractivity (Wildman–Crippen MR) is 88.8 cm³/mol. The minimum Gasteiger partial charge on any atom is -0.459 e. The Morgan fingerprint density at radius 2 is 1.85 bits per heavy atom. The number of halogens is 2. The van der Waals surface area contributed by atoms with Crippen molar-refractivity contribution >= 4 is 42.8 Å². The molecule has 0 radical (unpaired) electrons. The van der Waals surface area contributed by atoms with Gasteiger partial charge in [-0.1, -0.05) is 44.0 Å². The Labute approximate surface area is 134 Å². The number of rotatable bonds is 2. The highest BCUT2D eigenvalue weighted by atomic mass is 79.9.